The van der Waals surface area contributed by atoms with Crippen molar-refractivity contribution in [2.45, 2.75) is 19.3 Å². The van der Waals surface area contributed by atoms with E-state index < -0.39 is 17.3 Å². The Balaban J connectivity index is 2.62. The van der Waals surface area contributed by atoms with Crippen molar-refractivity contribution in [2.24, 2.45) is 0 Å². The van der Waals surface area contributed by atoms with E-state index in [9.17, 15) is 9.18 Å². The zero-order chi connectivity index (χ0) is 13.5. The van der Waals surface area contributed by atoms with Crippen molar-refractivity contribution in [3.05, 3.63) is 23.5 Å². The van der Waals surface area contributed by atoms with E-state index in [4.69, 9.17) is 15.9 Å². The number of nitrogens with one attached hydrogen (secondary N) is 1. The Morgan fingerprint density at radius 3 is 2.67 bits per heavy atom. The van der Waals surface area contributed by atoms with Crippen LogP contribution in [0.25, 0.3) is 0 Å². The van der Waals surface area contributed by atoms with Crippen molar-refractivity contribution in [1.82, 2.24) is 0 Å². The van der Waals surface area contributed by atoms with Crippen LogP contribution in [0.3, 0.4) is 0 Å². The molecule has 0 heterocycles. The van der Waals surface area contributed by atoms with Gasteiger partial charge in [0, 0.05) is 13.2 Å². The highest BCUT2D eigenvalue weighted by molar-refractivity contribution is 5.90. The molecule has 1 aromatic rings. The predicted molar refractivity (Wildman–Crippen MR) is 67.2 cm³/mol. The number of carbonyl (C=O) groups is 1. The summed E-state index contributed by atoms with van der Waals surface area (Å²) in [7, 11) is 0. The minimum absolute atomic E-state index is 0.157. The number of carboxylic acid groups (broad SMARTS) is 1. The van der Waals surface area contributed by atoms with Crippen molar-refractivity contribution >= 4 is 17.3 Å². The Hall–Kier alpha value is -1.82. The molecule has 0 aliphatic heterocycles. The third kappa shape index (κ3) is 3.89. The van der Waals surface area contributed by atoms with Crippen molar-refractivity contribution in [3.8, 4) is 0 Å². The van der Waals surface area contributed by atoms with Gasteiger partial charge < -0.3 is 21.3 Å². The molecule has 5 nitrogen and oxygen atoms in total. The molecular weight excluding hydrogens is 239 g/mol. The third-order valence-electron chi connectivity index (χ3n) is 2.52. The van der Waals surface area contributed by atoms with Gasteiger partial charge in [0.15, 0.2) is 0 Å². The maximum atomic E-state index is 13.4. The summed E-state index contributed by atoms with van der Waals surface area (Å²) < 4.78 is 13.4. The normalized spacial score (nSPS) is 10.3. The fourth-order valence-corrected chi connectivity index (χ4v) is 1.54. The molecule has 5 N–H and O–H groups in total. The number of halogens is 1. The SMILES string of the molecule is Nc1cc(C(=O)O)c(F)cc1NCCCCCO. The van der Waals surface area contributed by atoms with Gasteiger partial charge >= 0.3 is 5.97 Å². The van der Waals surface area contributed by atoms with Crippen LogP contribution in [-0.4, -0.2) is 29.3 Å². The van der Waals surface area contributed by atoms with Crippen molar-refractivity contribution in [3.63, 3.8) is 0 Å². The molecule has 0 spiro atoms. The van der Waals surface area contributed by atoms with E-state index in [-0.39, 0.29) is 12.3 Å². The maximum absolute atomic E-state index is 13.4. The van der Waals surface area contributed by atoms with E-state index in [0.717, 1.165) is 31.4 Å². The van der Waals surface area contributed by atoms with Crippen molar-refractivity contribution in [1.29, 1.82) is 0 Å². The first-order valence-corrected chi connectivity index (χ1v) is 5.73. The molecule has 6 heteroatoms. The molecule has 0 saturated heterocycles. The smallest absolute Gasteiger partial charge is 0.338 e. The topological polar surface area (TPSA) is 95.6 Å². The summed E-state index contributed by atoms with van der Waals surface area (Å²) in [5.74, 6) is -2.15. The number of carboxylic acids is 1. The van der Waals surface area contributed by atoms with Crippen LogP contribution in [0.2, 0.25) is 0 Å². The lowest BCUT2D eigenvalue weighted by atomic mass is 10.1. The van der Waals surface area contributed by atoms with Crippen LogP contribution in [0.1, 0.15) is 29.6 Å². The molecular formula is C12H17FN2O3. The number of unbranched alkanes of at least 4 members (excludes halogenated alkanes) is 2. The Bertz CT molecular complexity index is 424. The third-order valence-corrected chi connectivity index (χ3v) is 2.52. The molecule has 0 aliphatic carbocycles. The molecule has 0 aliphatic rings. The number of hydrogen-bond acceptors (Lipinski definition) is 4. The van der Waals surface area contributed by atoms with Gasteiger partial charge in [0.1, 0.15) is 5.82 Å². The summed E-state index contributed by atoms with van der Waals surface area (Å²) in [6.45, 7) is 0.750. The second-order valence-corrected chi connectivity index (χ2v) is 3.94. The monoisotopic (exact) mass is 256 g/mol. The molecule has 0 amide bonds. The van der Waals surface area contributed by atoms with Crippen LogP contribution in [-0.2, 0) is 0 Å². The molecule has 0 radical (unpaired) electrons. The molecule has 0 saturated carbocycles. The Kier molecular flexibility index (Phi) is 5.38. The minimum Gasteiger partial charge on any atom is -0.478 e. The molecule has 0 bridgehead atoms. The quantitative estimate of drug-likeness (QED) is 0.440. The van der Waals surface area contributed by atoms with E-state index in [1.165, 1.54) is 0 Å². The summed E-state index contributed by atoms with van der Waals surface area (Å²) in [6.07, 6.45) is 2.41. The first kappa shape index (κ1) is 14.2. The fraction of sp³-hybridized carbons (Fsp3) is 0.417. The number of rotatable bonds is 7. The van der Waals surface area contributed by atoms with Gasteiger partial charge in [-0.1, -0.05) is 0 Å². The standard InChI is InChI=1S/C12H17FN2O3/c13-9-7-11(15-4-2-1-3-5-16)10(14)6-8(9)12(17)18/h6-7,15-16H,1-5,14H2,(H,17,18). The van der Waals surface area contributed by atoms with Crippen LogP contribution < -0.4 is 11.1 Å². The largest absolute Gasteiger partial charge is 0.478 e. The van der Waals surface area contributed by atoms with Gasteiger partial charge in [0.2, 0.25) is 0 Å². The molecule has 0 unspecified atom stereocenters. The summed E-state index contributed by atoms with van der Waals surface area (Å²) in [4.78, 5) is 10.7. The van der Waals surface area contributed by atoms with E-state index in [0.29, 0.717) is 12.2 Å². The van der Waals surface area contributed by atoms with Gasteiger partial charge in [0.05, 0.1) is 16.9 Å². The van der Waals surface area contributed by atoms with E-state index in [1.54, 1.807) is 0 Å². The van der Waals surface area contributed by atoms with Crippen LogP contribution in [0.4, 0.5) is 15.8 Å². The first-order valence-electron chi connectivity index (χ1n) is 5.73. The summed E-state index contributed by atoms with van der Waals surface area (Å²) in [5, 5.41) is 20.3. The maximum Gasteiger partial charge on any atom is 0.338 e. The average molecular weight is 256 g/mol. The number of nitrogen functional groups attached to an aromatic ring is 1. The molecule has 18 heavy (non-hydrogen) atoms. The van der Waals surface area contributed by atoms with Crippen molar-refractivity contribution in [2.75, 3.05) is 24.2 Å². The Morgan fingerprint density at radius 1 is 1.33 bits per heavy atom. The molecule has 0 aromatic heterocycles. The Morgan fingerprint density at radius 2 is 2.06 bits per heavy atom. The van der Waals surface area contributed by atoms with Crippen LogP contribution in [0, 0.1) is 5.82 Å². The second-order valence-electron chi connectivity index (χ2n) is 3.94. The lowest BCUT2D eigenvalue weighted by molar-refractivity contribution is 0.0692. The molecule has 0 fully saturated rings. The first-order chi connectivity index (χ1) is 8.56. The average Bonchev–Trinajstić information content (AvgIpc) is 2.32. The molecule has 1 aromatic carbocycles. The summed E-state index contributed by atoms with van der Waals surface area (Å²) in [5.41, 5.74) is 5.80. The van der Waals surface area contributed by atoms with Gasteiger partial charge in [-0.3, -0.25) is 0 Å². The number of anilines is 2. The van der Waals surface area contributed by atoms with Gasteiger partial charge in [-0.25, -0.2) is 9.18 Å². The van der Waals surface area contributed by atoms with E-state index in [2.05, 4.69) is 5.32 Å². The fourth-order valence-electron chi connectivity index (χ4n) is 1.54. The molecule has 1 rings (SSSR count). The number of aliphatic hydroxyl groups is 1. The van der Waals surface area contributed by atoms with Crippen molar-refractivity contribution < 1.29 is 19.4 Å². The Labute approximate surface area is 104 Å². The summed E-state index contributed by atoms with van der Waals surface area (Å²) in [6, 6.07) is 2.19. The van der Waals surface area contributed by atoms with Gasteiger partial charge in [-0.15, -0.1) is 0 Å². The zero-order valence-corrected chi connectivity index (χ0v) is 9.95. The molecule has 0 atom stereocenters. The number of aliphatic hydroxyl groups excluding tert-OH is 1. The number of benzene rings is 1. The van der Waals surface area contributed by atoms with Gasteiger partial charge in [-0.2, -0.15) is 0 Å². The number of hydrogen-bond donors (Lipinski definition) is 4. The van der Waals surface area contributed by atoms with Crippen LogP contribution in [0.5, 0.6) is 0 Å². The van der Waals surface area contributed by atoms with E-state index in [1.807, 2.05) is 0 Å². The highest BCUT2D eigenvalue weighted by atomic mass is 19.1. The van der Waals surface area contributed by atoms with Crippen LogP contribution in [0.15, 0.2) is 12.1 Å². The lowest BCUT2D eigenvalue weighted by Gasteiger charge is -2.10. The van der Waals surface area contributed by atoms with E-state index >= 15 is 0 Å². The van der Waals surface area contributed by atoms with Gasteiger partial charge in [-0.05, 0) is 31.4 Å². The highest BCUT2D eigenvalue weighted by Gasteiger charge is 2.13. The zero-order valence-electron chi connectivity index (χ0n) is 9.95. The highest BCUT2D eigenvalue weighted by Crippen LogP contribution is 2.23. The second kappa shape index (κ2) is 6.80. The number of nitrogens with two attached hydrogens (primary N) is 1. The summed E-state index contributed by atoms with van der Waals surface area (Å²) >= 11 is 0. The predicted octanol–water partition coefficient (Wildman–Crippen LogP) is 1.68. The minimum atomic E-state index is -1.34. The lowest BCUT2D eigenvalue weighted by Crippen LogP contribution is -2.08. The number of aromatic carboxylic acids is 1. The van der Waals surface area contributed by atoms with Crippen LogP contribution >= 0.6 is 0 Å². The van der Waals surface area contributed by atoms with Gasteiger partial charge in [0.25, 0.3) is 0 Å². The molecule has 100 valence electrons.